The van der Waals surface area contributed by atoms with Crippen molar-refractivity contribution in [2.24, 2.45) is 17.1 Å². The van der Waals surface area contributed by atoms with E-state index in [0.29, 0.717) is 30.8 Å². The molecule has 4 rings (SSSR count). The SMILES string of the molecule is CC1(C)C2CCC1(NC(=O)c1cnn3c1CN(C(N)=O)CC3)CC2F. The van der Waals surface area contributed by atoms with E-state index < -0.39 is 17.7 Å². The van der Waals surface area contributed by atoms with Gasteiger partial charge < -0.3 is 16.0 Å². The number of rotatable bonds is 2. The lowest BCUT2D eigenvalue weighted by atomic mass is 9.76. The molecular weight excluding hydrogens is 325 g/mol. The van der Waals surface area contributed by atoms with Crippen molar-refractivity contribution >= 4 is 11.9 Å². The number of urea groups is 1. The van der Waals surface area contributed by atoms with Crippen molar-refractivity contribution in [3.63, 3.8) is 0 Å². The van der Waals surface area contributed by atoms with Crippen LogP contribution in [-0.2, 0) is 13.1 Å². The van der Waals surface area contributed by atoms with Gasteiger partial charge in [-0.15, -0.1) is 0 Å². The van der Waals surface area contributed by atoms with E-state index in [1.54, 1.807) is 4.68 Å². The number of aromatic nitrogens is 2. The van der Waals surface area contributed by atoms with Gasteiger partial charge in [-0.1, -0.05) is 13.8 Å². The second-order valence-corrected chi connectivity index (χ2v) is 8.11. The first-order valence-electron chi connectivity index (χ1n) is 8.81. The Morgan fingerprint density at radius 1 is 1.40 bits per heavy atom. The highest BCUT2D eigenvalue weighted by atomic mass is 19.1. The highest BCUT2D eigenvalue weighted by Crippen LogP contribution is 2.61. The maximum absolute atomic E-state index is 14.3. The molecule has 0 radical (unpaired) electrons. The van der Waals surface area contributed by atoms with Crippen LogP contribution in [0.2, 0.25) is 0 Å². The fourth-order valence-corrected chi connectivity index (χ4v) is 5.10. The molecule has 3 atom stereocenters. The van der Waals surface area contributed by atoms with Crippen LogP contribution in [0.25, 0.3) is 0 Å². The van der Waals surface area contributed by atoms with Crippen molar-refractivity contribution in [1.29, 1.82) is 0 Å². The van der Waals surface area contributed by atoms with Gasteiger partial charge in [0.05, 0.1) is 30.5 Å². The zero-order valence-corrected chi connectivity index (χ0v) is 14.6. The van der Waals surface area contributed by atoms with Crippen LogP contribution in [0.1, 0.15) is 49.2 Å². The molecular formula is C17H24FN5O2. The molecule has 0 aromatic carbocycles. The van der Waals surface area contributed by atoms with Gasteiger partial charge in [0, 0.05) is 18.5 Å². The molecule has 3 amide bonds. The number of halogens is 1. The molecule has 1 aromatic rings. The number of nitrogens with one attached hydrogen (secondary N) is 1. The third-order valence-electron chi connectivity index (χ3n) is 6.80. The number of hydrogen-bond acceptors (Lipinski definition) is 3. The van der Waals surface area contributed by atoms with Crippen LogP contribution in [0.5, 0.6) is 0 Å². The van der Waals surface area contributed by atoms with E-state index in [1.807, 2.05) is 13.8 Å². The van der Waals surface area contributed by atoms with E-state index in [9.17, 15) is 14.0 Å². The smallest absolute Gasteiger partial charge is 0.315 e. The molecule has 1 aliphatic heterocycles. The molecule has 0 spiro atoms. The third-order valence-corrected chi connectivity index (χ3v) is 6.80. The molecule has 0 saturated heterocycles. The van der Waals surface area contributed by atoms with Crippen LogP contribution < -0.4 is 11.1 Å². The number of nitrogens with zero attached hydrogens (tertiary/aromatic N) is 3. The van der Waals surface area contributed by atoms with Crippen molar-refractivity contribution in [3.8, 4) is 0 Å². The number of fused-ring (bicyclic) bond motifs is 3. The van der Waals surface area contributed by atoms with Gasteiger partial charge in [-0.25, -0.2) is 9.18 Å². The third kappa shape index (κ3) is 2.19. The molecule has 25 heavy (non-hydrogen) atoms. The van der Waals surface area contributed by atoms with Crippen molar-refractivity contribution < 1.29 is 14.0 Å². The lowest BCUT2D eigenvalue weighted by Gasteiger charge is -2.38. The molecule has 8 heteroatoms. The van der Waals surface area contributed by atoms with E-state index in [1.165, 1.54) is 11.1 Å². The average molecular weight is 349 g/mol. The molecule has 2 bridgehead atoms. The maximum atomic E-state index is 14.3. The maximum Gasteiger partial charge on any atom is 0.315 e. The van der Waals surface area contributed by atoms with Crippen LogP contribution in [0, 0.1) is 11.3 Å². The first-order chi connectivity index (χ1) is 11.7. The fourth-order valence-electron chi connectivity index (χ4n) is 5.10. The summed E-state index contributed by atoms with van der Waals surface area (Å²) in [6.45, 7) is 5.35. The van der Waals surface area contributed by atoms with Gasteiger partial charge in [0.15, 0.2) is 0 Å². The van der Waals surface area contributed by atoms with E-state index in [-0.39, 0.29) is 23.8 Å². The average Bonchev–Trinajstić information content (AvgIpc) is 3.12. The molecule has 3 aliphatic rings. The summed E-state index contributed by atoms with van der Waals surface area (Å²) in [5, 5.41) is 7.39. The topological polar surface area (TPSA) is 93.2 Å². The Morgan fingerprint density at radius 2 is 2.16 bits per heavy atom. The summed E-state index contributed by atoms with van der Waals surface area (Å²) < 4.78 is 16.1. The first-order valence-corrected chi connectivity index (χ1v) is 8.81. The van der Waals surface area contributed by atoms with E-state index >= 15 is 0 Å². The predicted octanol–water partition coefficient (Wildman–Crippen LogP) is 1.42. The summed E-state index contributed by atoms with van der Waals surface area (Å²) >= 11 is 0. The molecule has 2 heterocycles. The zero-order valence-electron chi connectivity index (χ0n) is 14.6. The summed E-state index contributed by atoms with van der Waals surface area (Å²) in [5.41, 5.74) is 5.71. The van der Waals surface area contributed by atoms with Gasteiger partial charge in [0.25, 0.3) is 5.91 Å². The van der Waals surface area contributed by atoms with Crippen LogP contribution >= 0.6 is 0 Å². The Balaban J connectivity index is 1.59. The van der Waals surface area contributed by atoms with Crippen LogP contribution in [0.4, 0.5) is 9.18 Å². The number of alkyl halides is 1. The minimum atomic E-state index is -0.865. The van der Waals surface area contributed by atoms with Crippen molar-refractivity contribution in [3.05, 3.63) is 17.5 Å². The van der Waals surface area contributed by atoms with Crippen LogP contribution in [0.3, 0.4) is 0 Å². The minimum Gasteiger partial charge on any atom is -0.351 e. The quantitative estimate of drug-likeness (QED) is 0.846. The Hall–Kier alpha value is -2.12. The lowest BCUT2D eigenvalue weighted by molar-refractivity contribution is 0.0821. The normalized spacial score (nSPS) is 32.5. The number of hydrogen-bond donors (Lipinski definition) is 2. The van der Waals surface area contributed by atoms with Gasteiger partial charge >= 0.3 is 6.03 Å². The second-order valence-electron chi connectivity index (χ2n) is 8.11. The molecule has 3 N–H and O–H groups in total. The van der Waals surface area contributed by atoms with Gasteiger partial charge in [-0.2, -0.15) is 5.10 Å². The molecule has 136 valence electrons. The van der Waals surface area contributed by atoms with Gasteiger partial charge in [-0.05, 0) is 24.2 Å². The number of nitrogens with two attached hydrogens (primary N) is 1. The Morgan fingerprint density at radius 3 is 2.76 bits per heavy atom. The van der Waals surface area contributed by atoms with Gasteiger partial charge in [-0.3, -0.25) is 9.48 Å². The number of primary amides is 1. The van der Waals surface area contributed by atoms with Crippen molar-refractivity contribution in [2.45, 2.75) is 57.9 Å². The van der Waals surface area contributed by atoms with E-state index in [2.05, 4.69) is 10.4 Å². The van der Waals surface area contributed by atoms with Crippen LogP contribution in [0.15, 0.2) is 6.20 Å². The molecule has 2 aliphatic carbocycles. The van der Waals surface area contributed by atoms with E-state index in [4.69, 9.17) is 5.73 Å². The summed E-state index contributed by atoms with van der Waals surface area (Å²) in [4.78, 5) is 25.9. The van der Waals surface area contributed by atoms with Crippen LogP contribution in [-0.4, -0.2) is 44.9 Å². The zero-order chi connectivity index (χ0) is 18.0. The Kier molecular flexibility index (Phi) is 3.39. The summed E-state index contributed by atoms with van der Waals surface area (Å²) in [5.74, 6) is -0.241. The Bertz CT molecular complexity index is 745. The number of amides is 3. The molecule has 2 fully saturated rings. The highest BCUT2D eigenvalue weighted by molar-refractivity contribution is 5.96. The lowest BCUT2D eigenvalue weighted by Crippen LogP contribution is -2.53. The highest BCUT2D eigenvalue weighted by Gasteiger charge is 2.64. The standard InChI is InChI=1S/C17H24FN5O2/c1-16(2)11-3-4-17(16,7-12(11)18)21-14(24)10-8-20-23-6-5-22(15(19)25)9-13(10)23/h8,11-12H,3-7,9H2,1-2H3,(H2,19,25)(H,21,24). The van der Waals surface area contributed by atoms with Crippen molar-refractivity contribution in [2.75, 3.05) is 6.54 Å². The fraction of sp³-hybridized carbons (Fsp3) is 0.706. The van der Waals surface area contributed by atoms with Gasteiger partial charge in [0.1, 0.15) is 6.17 Å². The van der Waals surface area contributed by atoms with Crippen molar-refractivity contribution in [1.82, 2.24) is 20.0 Å². The molecule has 3 unspecified atom stereocenters. The van der Waals surface area contributed by atoms with E-state index in [0.717, 1.165) is 12.8 Å². The molecule has 1 aromatic heterocycles. The van der Waals surface area contributed by atoms with Gasteiger partial charge in [0.2, 0.25) is 0 Å². The summed E-state index contributed by atoms with van der Waals surface area (Å²) in [7, 11) is 0. The second kappa shape index (κ2) is 5.19. The number of carbonyl (C=O) groups excluding carboxylic acids is 2. The summed E-state index contributed by atoms with van der Waals surface area (Å²) in [6.07, 6.45) is 2.64. The Labute approximate surface area is 145 Å². The predicted molar refractivity (Wildman–Crippen MR) is 88.4 cm³/mol. The molecule has 2 saturated carbocycles. The number of carbonyl (C=O) groups is 2. The largest absolute Gasteiger partial charge is 0.351 e. The monoisotopic (exact) mass is 349 g/mol. The summed E-state index contributed by atoms with van der Waals surface area (Å²) in [6, 6.07) is -0.506. The molecule has 7 nitrogen and oxygen atoms in total. The minimum absolute atomic E-state index is 0.000713. The first kappa shape index (κ1) is 16.4.